The summed E-state index contributed by atoms with van der Waals surface area (Å²) in [4.78, 5) is 23.6. The van der Waals surface area contributed by atoms with Gasteiger partial charge in [0.25, 0.3) is 11.6 Å². The van der Waals surface area contributed by atoms with E-state index in [9.17, 15) is 14.9 Å². The zero-order valence-electron chi connectivity index (χ0n) is 9.64. The number of aryl methyl sites for hydroxylation is 1. The van der Waals surface area contributed by atoms with Crippen molar-refractivity contribution in [3.8, 4) is 0 Å². The highest BCUT2D eigenvalue weighted by Crippen LogP contribution is 2.21. The fraction of sp³-hybridized carbons (Fsp3) is 0.364. The largest absolute Gasteiger partial charge is 0.340 e. The number of carbonyl (C=O) groups excluding carboxylic acids is 1. The highest BCUT2D eigenvalue weighted by molar-refractivity contribution is 6.18. The van der Waals surface area contributed by atoms with Crippen LogP contribution in [0.15, 0.2) is 18.2 Å². The number of nitro benzene ring substituents is 1. The lowest BCUT2D eigenvalue weighted by molar-refractivity contribution is -0.385. The Labute approximate surface area is 104 Å². The Balaban J connectivity index is 3.15. The van der Waals surface area contributed by atoms with Gasteiger partial charge in [-0.15, -0.1) is 11.6 Å². The predicted molar refractivity (Wildman–Crippen MR) is 65.5 cm³/mol. The molecule has 0 N–H and O–H groups in total. The van der Waals surface area contributed by atoms with E-state index in [-0.39, 0.29) is 17.2 Å². The van der Waals surface area contributed by atoms with Gasteiger partial charge in [-0.2, -0.15) is 0 Å². The van der Waals surface area contributed by atoms with Gasteiger partial charge in [-0.05, 0) is 18.6 Å². The molecule has 0 spiro atoms. The third kappa shape index (κ3) is 3.17. The molecule has 6 heteroatoms. The third-order valence-electron chi connectivity index (χ3n) is 2.35. The summed E-state index contributed by atoms with van der Waals surface area (Å²) in [6, 6.07) is 4.47. The normalized spacial score (nSPS) is 10.1. The Bertz CT molecular complexity index is 448. The van der Waals surface area contributed by atoms with Gasteiger partial charge in [0.2, 0.25) is 0 Å². The summed E-state index contributed by atoms with van der Waals surface area (Å²) in [5.41, 5.74) is 0.725. The van der Waals surface area contributed by atoms with Crippen LogP contribution < -0.4 is 0 Å². The summed E-state index contributed by atoms with van der Waals surface area (Å²) in [7, 11) is 1.57. The quantitative estimate of drug-likeness (QED) is 0.471. The van der Waals surface area contributed by atoms with E-state index >= 15 is 0 Å². The first-order chi connectivity index (χ1) is 7.97. The van der Waals surface area contributed by atoms with Crippen molar-refractivity contribution in [3.63, 3.8) is 0 Å². The maximum Gasteiger partial charge on any atom is 0.282 e. The van der Waals surface area contributed by atoms with Crippen LogP contribution in [0.2, 0.25) is 0 Å². The van der Waals surface area contributed by atoms with Crippen molar-refractivity contribution in [3.05, 3.63) is 39.4 Å². The minimum absolute atomic E-state index is 0.0996. The van der Waals surface area contributed by atoms with E-state index in [1.54, 1.807) is 20.0 Å². The number of halogens is 1. The minimum Gasteiger partial charge on any atom is -0.340 e. The van der Waals surface area contributed by atoms with E-state index in [4.69, 9.17) is 11.6 Å². The van der Waals surface area contributed by atoms with Crippen molar-refractivity contribution in [1.82, 2.24) is 4.90 Å². The Hall–Kier alpha value is -1.62. The van der Waals surface area contributed by atoms with Gasteiger partial charge in [-0.1, -0.05) is 6.07 Å². The highest BCUT2D eigenvalue weighted by Gasteiger charge is 2.22. The maximum absolute atomic E-state index is 12.0. The number of amides is 1. The Morgan fingerprint density at radius 3 is 2.71 bits per heavy atom. The fourth-order valence-corrected chi connectivity index (χ4v) is 1.67. The van der Waals surface area contributed by atoms with Crippen molar-refractivity contribution in [1.29, 1.82) is 0 Å². The van der Waals surface area contributed by atoms with Crippen LogP contribution in [0.4, 0.5) is 5.69 Å². The van der Waals surface area contributed by atoms with E-state index < -0.39 is 4.92 Å². The number of nitro groups is 1. The average molecular weight is 257 g/mol. The molecule has 1 rings (SSSR count). The van der Waals surface area contributed by atoms with Gasteiger partial charge < -0.3 is 4.90 Å². The van der Waals surface area contributed by atoms with Crippen LogP contribution in [0.3, 0.4) is 0 Å². The molecule has 0 aliphatic rings. The first-order valence-electron chi connectivity index (χ1n) is 5.04. The summed E-state index contributed by atoms with van der Waals surface area (Å²) in [6.45, 7) is 2.13. The van der Waals surface area contributed by atoms with Crippen LogP contribution in [0.1, 0.15) is 15.9 Å². The second kappa shape index (κ2) is 5.63. The molecule has 0 heterocycles. The molecule has 0 bridgehead atoms. The second-order valence-electron chi connectivity index (χ2n) is 3.69. The van der Waals surface area contributed by atoms with Gasteiger partial charge in [0.15, 0.2) is 0 Å². The number of nitrogens with zero attached hydrogens (tertiary/aromatic N) is 2. The molecule has 17 heavy (non-hydrogen) atoms. The molecule has 0 aliphatic heterocycles. The topological polar surface area (TPSA) is 63.5 Å². The van der Waals surface area contributed by atoms with Crippen LogP contribution in [0.25, 0.3) is 0 Å². The van der Waals surface area contributed by atoms with E-state index in [0.717, 1.165) is 5.56 Å². The highest BCUT2D eigenvalue weighted by atomic mass is 35.5. The van der Waals surface area contributed by atoms with Crippen molar-refractivity contribution in [2.75, 3.05) is 19.5 Å². The van der Waals surface area contributed by atoms with Gasteiger partial charge in [-0.25, -0.2) is 0 Å². The molecule has 1 amide bonds. The number of hydrogen-bond acceptors (Lipinski definition) is 3. The number of hydrogen-bond donors (Lipinski definition) is 0. The van der Waals surface area contributed by atoms with E-state index in [0.29, 0.717) is 12.4 Å². The van der Waals surface area contributed by atoms with Gasteiger partial charge in [0.1, 0.15) is 5.56 Å². The van der Waals surface area contributed by atoms with Crippen LogP contribution >= 0.6 is 11.6 Å². The number of carbonyl (C=O) groups is 1. The standard InChI is InChI=1S/C11H13ClN2O3/c1-8-3-4-10(14(16)17)9(7-8)11(15)13(2)6-5-12/h3-4,7H,5-6H2,1-2H3. The zero-order valence-corrected chi connectivity index (χ0v) is 10.4. The lowest BCUT2D eigenvalue weighted by atomic mass is 10.1. The van der Waals surface area contributed by atoms with Crippen molar-refractivity contribution in [2.24, 2.45) is 0 Å². The average Bonchev–Trinajstić information content (AvgIpc) is 2.27. The Morgan fingerprint density at radius 1 is 1.53 bits per heavy atom. The molecule has 0 fully saturated rings. The third-order valence-corrected chi connectivity index (χ3v) is 2.51. The molecular formula is C11H13ClN2O3. The molecule has 0 aliphatic carbocycles. The molecule has 0 atom stereocenters. The summed E-state index contributed by atoms with van der Waals surface area (Å²) in [6.07, 6.45) is 0. The van der Waals surface area contributed by atoms with Crippen LogP contribution in [0.5, 0.6) is 0 Å². The fourth-order valence-electron chi connectivity index (χ4n) is 1.41. The van der Waals surface area contributed by atoms with E-state index in [1.165, 1.54) is 17.0 Å². The number of rotatable bonds is 4. The summed E-state index contributed by atoms with van der Waals surface area (Å²) in [5, 5.41) is 10.8. The van der Waals surface area contributed by atoms with Crippen molar-refractivity contribution >= 4 is 23.2 Å². The SMILES string of the molecule is Cc1ccc([N+](=O)[O-])c(C(=O)N(C)CCCl)c1. The maximum atomic E-state index is 12.0. The van der Waals surface area contributed by atoms with Crippen molar-refractivity contribution in [2.45, 2.75) is 6.92 Å². The van der Waals surface area contributed by atoms with Crippen LogP contribution in [0, 0.1) is 17.0 Å². The zero-order chi connectivity index (χ0) is 13.0. The summed E-state index contributed by atoms with van der Waals surface area (Å²) in [5.74, 6) is -0.0944. The van der Waals surface area contributed by atoms with Crippen LogP contribution in [-0.4, -0.2) is 35.2 Å². The molecule has 5 nitrogen and oxygen atoms in total. The number of alkyl halides is 1. The molecule has 0 saturated heterocycles. The smallest absolute Gasteiger partial charge is 0.282 e. The summed E-state index contributed by atoms with van der Waals surface area (Å²) >= 11 is 5.53. The molecule has 1 aromatic rings. The molecule has 0 unspecified atom stereocenters. The predicted octanol–water partition coefficient (Wildman–Crippen LogP) is 2.21. The molecule has 0 radical (unpaired) electrons. The van der Waals surface area contributed by atoms with Gasteiger partial charge in [0.05, 0.1) is 4.92 Å². The monoisotopic (exact) mass is 256 g/mol. The van der Waals surface area contributed by atoms with E-state index in [1.807, 2.05) is 0 Å². The van der Waals surface area contributed by atoms with Crippen molar-refractivity contribution < 1.29 is 9.72 Å². The summed E-state index contributed by atoms with van der Waals surface area (Å²) < 4.78 is 0. The molecule has 1 aromatic carbocycles. The van der Waals surface area contributed by atoms with Gasteiger partial charge in [0, 0.05) is 25.5 Å². The molecule has 92 valence electrons. The lowest BCUT2D eigenvalue weighted by Crippen LogP contribution is -2.29. The van der Waals surface area contributed by atoms with Crippen LogP contribution in [-0.2, 0) is 0 Å². The molecule has 0 aromatic heterocycles. The second-order valence-corrected chi connectivity index (χ2v) is 4.07. The first kappa shape index (κ1) is 13.4. The van der Waals surface area contributed by atoms with E-state index in [2.05, 4.69) is 0 Å². The first-order valence-corrected chi connectivity index (χ1v) is 5.57. The Morgan fingerprint density at radius 2 is 2.18 bits per heavy atom. The molecule has 0 saturated carbocycles. The van der Waals surface area contributed by atoms with Gasteiger partial charge >= 0.3 is 0 Å². The minimum atomic E-state index is -0.554. The lowest BCUT2D eigenvalue weighted by Gasteiger charge is -2.15. The number of benzene rings is 1. The molecular weight excluding hydrogens is 244 g/mol. The van der Waals surface area contributed by atoms with Gasteiger partial charge in [-0.3, -0.25) is 14.9 Å². The Kier molecular flexibility index (Phi) is 4.45.